The van der Waals surface area contributed by atoms with Crippen LogP contribution in [0.1, 0.15) is 24.3 Å². The summed E-state index contributed by atoms with van der Waals surface area (Å²) in [6.45, 7) is 1.76. The predicted molar refractivity (Wildman–Crippen MR) is 78.8 cm³/mol. The minimum atomic E-state index is 0. The standard InChI is InChI=1S/C12H17ClN2.2ClH/c13-11-5-2-1-4-9(11)10(8-14)12-6-3-7-15-12;;/h1-2,4-5,10,12,15H,3,6-8,14H2;2*1H. The highest BCUT2D eigenvalue weighted by atomic mass is 35.5. The second-order valence-electron chi connectivity index (χ2n) is 4.07. The van der Waals surface area contributed by atoms with E-state index in [1.165, 1.54) is 18.4 Å². The molecule has 0 bridgehead atoms. The van der Waals surface area contributed by atoms with E-state index in [1.54, 1.807) is 0 Å². The molecule has 1 aliphatic rings. The highest BCUT2D eigenvalue weighted by molar-refractivity contribution is 6.31. The van der Waals surface area contributed by atoms with Crippen LogP contribution in [0.4, 0.5) is 0 Å². The van der Waals surface area contributed by atoms with Crippen LogP contribution in [0.5, 0.6) is 0 Å². The van der Waals surface area contributed by atoms with E-state index in [0.717, 1.165) is 11.6 Å². The van der Waals surface area contributed by atoms with Crippen LogP contribution < -0.4 is 11.1 Å². The molecule has 98 valence electrons. The first kappa shape index (κ1) is 17.0. The third-order valence-corrected chi connectivity index (χ3v) is 3.49. The number of benzene rings is 1. The molecular weight excluding hydrogens is 279 g/mol. The molecule has 0 amide bonds. The lowest BCUT2D eigenvalue weighted by Crippen LogP contribution is -2.33. The highest BCUT2D eigenvalue weighted by Crippen LogP contribution is 2.29. The molecule has 2 rings (SSSR count). The lowest BCUT2D eigenvalue weighted by atomic mass is 9.90. The van der Waals surface area contributed by atoms with Crippen molar-refractivity contribution in [2.24, 2.45) is 5.73 Å². The maximum atomic E-state index is 6.19. The van der Waals surface area contributed by atoms with E-state index in [4.69, 9.17) is 17.3 Å². The van der Waals surface area contributed by atoms with Crippen molar-refractivity contribution in [1.29, 1.82) is 0 Å². The van der Waals surface area contributed by atoms with E-state index in [1.807, 2.05) is 18.2 Å². The van der Waals surface area contributed by atoms with Crippen molar-refractivity contribution in [1.82, 2.24) is 5.32 Å². The summed E-state index contributed by atoms with van der Waals surface area (Å²) in [5, 5.41) is 4.33. The Balaban J connectivity index is 0.00000128. The number of rotatable bonds is 3. The van der Waals surface area contributed by atoms with Gasteiger partial charge in [0.25, 0.3) is 0 Å². The predicted octanol–water partition coefficient (Wildman–Crippen LogP) is 2.98. The zero-order valence-corrected chi connectivity index (χ0v) is 12.0. The number of hydrogen-bond acceptors (Lipinski definition) is 2. The molecule has 1 aliphatic heterocycles. The molecule has 3 N–H and O–H groups in total. The molecule has 17 heavy (non-hydrogen) atoms. The Kier molecular flexibility index (Phi) is 8.18. The van der Waals surface area contributed by atoms with Gasteiger partial charge in [0.1, 0.15) is 0 Å². The topological polar surface area (TPSA) is 38.0 Å². The fraction of sp³-hybridized carbons (Fsp3) is 0.500. The molecule has 0 spiro atoms. The van der Waals surface area contributed by atoms with Crippen molar-refractivity contribution in [3.05, 3.63) is 34.9 Å². The summed E-state index contributed by atoms with van der Waals surface area (Å²) in [5.74, 6) is 0.348. The smallest absolute Gasteiger partial charge is 0.0441 e. The van der Waals surface area contributed by atoms with Crippen LogP contribution in [-0.2, 0) is 0 Å². The Morgan fingerprint density at radius 3 is 2.59 bits per heavy atom. The molecule has 0 aliphatic carbocycles. The number of hydrogen-bond donors (Lipinski definition) is 2. The molecule has 5 heteroatoms. The zero-order valence-electron chi connectivity index (χ0n) is 9.56. The minimum absolute atomic E-state index is 0. The molecule has 1 fully saturated rings. The van der Waals surface area contributed by atoms with E-state index in [0.29, 0.717) is 18.5 Å². The van der Waals surface area contributed by atoms with Crippen LogP contribution in [0.3, 0.4) is 0 Å². The first-order valence-electron chi connectivity index (χ1n) is 5.51. The first-order valence-corrected chi connectivity index (χ1v) is 5.88. The molecule has 0 radical (unpaired) electrons. The third-order valence-electron chi connectivity index (χ3n) is 3.14. The summed E-state index contributed by atoms with van der Waals surface area (Å²) in [4.78, 5) is 0. The zero-order chi connectivity index (χ0) is 10.7. The third kappa shape index (κ3) is 4.01. The van der Waals surface area contributed by atoms with Crippen molar-refractivity contribution in [2.75, 3.05) is 13.1 Å². The Hall–Kier alpha value is 0.01000. The summed E-state index contributed by atoms with van der Waals surface area (Å²) in [6, 6.07) is 8.50. The summed E-state index contributed by atoms with van der Waals surface area (Å²) in [7, 11) is 0. The van der Waals surface area contributed by atoms with Gasteiger partial charge in [0.05, 0.1) is 0 Å². The summed E-state index contributed by atoms with van der Waals surface area (Å²) in [5.41, 5.74) is 7.04. The number of halogens is 3. The van der Waals surface area contributed by atoms with E-state index in [2.05, 4.69) is 11.4 Å². The molecular formula is C12H19Cl3N2. The lowest BCUT2D eigenvalue weighted by Gasteiger charge is -2.23. The van der Waals surface area contributed by atoms with Gasteiger partial charge in [-0.1, -0.05) is 29.8 Å². The molecule has 1 aromatic carbocycles. The van der Waals surface area contributed by atoms with Crippen LogP contribution in [0.15, 0.2) is 24.3 Å². The maximum Gasteiger partial charge on any atom is 0.0441 e. The first-order chi connectivity index (χ1) is 7.33. The second-order valence-corrected chi connectivity index (χ2v) is 4.47. The minimum Gasteiger partial charge on any atom is -0.330 e. The molecule has 0 aromatic heterocycles. The molecule has 2 atom stereocenters. The van der Waals surface area contributed by atoms with Crippen LogP contribution in [0.25, 0.3) is 0 Å². The number of nitrogens with two attached hydrogens (primary N) is 1. The van der Waals surface area contributed by atoms with Gasteiger partial charge in [0.15, 0.2) is 0 Å². The normalized spacial score (nSPS) is 20.2. The van der Waals surface area contributed by atoms with Gasteiger partial charge >= 0.3 is 0 Å². The number of nitrogens with one attached hydrogen (secondary N) is 1. The Morgan fingerprint density at radius 2 is 2.06 bits per heavy atom. The van der Waals surface area contributed by atoms with Crippen molar-refractivity contribution < 1.29 is 0 Å². The average molecular weight is 298 g/mol. The maximum absolute atomic E-state index is 6.19. The molecule has 2 nitrogen and oxygen atoms in total. The summed E-state index contributed by atoms with van der Waals surface area (Å²) < 4.78 is 0. The van der Waals surface area contributed by atoms with Crippen molar-refractivity contribution >= 4 is 36.4 Å². The van der Waals surface area contributed by atoms with Gasteiger partial charge in [-0.25, -0.2) is 0 Å². The van der Waals surface area contributed by atoms with Crippen LogP contribution >= 0.6 is 36.4 Å². The second kappa shape index (κ2) is 8.17. The SMILES string of the molecule is Cl.Cl.NCC(c1ccccc1Cl)C1CCCN1. The van der Waals surface area contributed by atoms with E-state index >= 15 is 0 Å². The van der Waals surface area contributed by atoms with E-state index < -0.39 is 0 Å². The molecule has 2 unspecified atom stereocenters. The van der Waals surface area contributed by atoms with Crippen LogP contribution in [0, 0.1) is 0 Å². The van der Waals surface area contributed by atoms with Gasteiger partial charge in [-0.15, -0.1) is 24.8 Å². The van der Waals surface area contributed by atoms with Gasteiger partial charge in [0, 0.05) is 23.5 Å². The van der Waals surface area contributed by atoms with E-state index in [9.17, 15) is 0 Å². The molecule has 1 aromatic rings. The van der Waals surface area contributed by atoms with Gasteiger partial charge in [-0.2, -0.15) is 0 Å². The Bertz CT molecular complexity index is 327. The quantitative estimate of drug-likeness (QED) is 0.900. The van der Waals surface area contributed by atoms with Gasteiger partial charge in [-0.05, 0) is 31.0 Å². The van der Waals surface area contributed by atoms with Crippen LogP contribution in [0.2, 0.25) is 5.02 Å². The van der Waals surface area contributed by atoms with Gasteiger partial charge in [0.2, 0.25) is 0 Å². The Labute approximate surface area is 120 Å². The fourth-order valence-electron chi connectivity index (χ4n) is 2.34. The summed E-state index contributed by atoms with van der Waals surface area (Å²) in [6.07, 6.45) is 2.44. The molecule has 1 saturated heterocycles. The van der Waals surface area contributed by atoms with Crippen molar-refractivity contribution in [3.63, 3.8) is 0 Å². The highest BCUT2D eigenvalue weighted by Gasteiger charge is 2.25. The molecule has 1 heterocycles. The van der Waals surface area contributed by atoms with Crippen molar-refractivity contribution in [3.8, 4) is 0 Å². The van der Waals surface area contributed by atoms with E-state index in [-0.39, 0.29) is 24.8 Å². The largest absolute Gasteiger partial charge is 0.330 e. The monoisotopic (exact) mass is 296 g/mol. The van der Waals surface area contributed by atoms with Gasteiger partial charge in [-0.3, -0.25) is 0 Å². The Morgan fingerprint density at radius 1 is 1.35 bits per heavy atom. The fourth-order valence-corrected chi connectivity index (χ4v) is 2.61. The summed E-state index contributed by atoms with van der Waals surface area (Å²) >= 11 is 6.19. The van der Waals surface area contributed by atoms with Crippen LogP contribution in [-0.4, -0.2) is 19.1 Å². The van der Waals surface area contributed by atoms with Crippen molar-refractivity contribution in [2.45, 2.75) is 24.8 Å². The molecule has 0 saturated carbocycles. The lowest BCUT2D eigenvalue weighted by molar-refractivity contribution is 0.495. The average Bonchev–Trinajstić information content (AvgIpc) is 2.75. The van der Waals surface area contributed by atoms with Gasteiger partial charge < -0.3 is 11.1 Å².